The SMILES string of the molecule is CCCNC1CCCCC1N(C)CC(C)C. The van der Waals surface area contributed by atoms with Gasteiger partial charge in [0.05, 0.1) is 0 Å². The third-order valence-corrected chi connectivity index (χ3v) is 3.61. The number of nitrogens with one attached hydrogen (secondary N) is 1. The van der Waals surface area contributed by atoms with Gasteiger partial charge in [0, 0.05) is 18.6 Å². The van der Waals surface area contributed by atoms with Crippen molar-refractivity contribution in [1.82, 2.24) is 10.2 Å². The van der Waals surface area contributed by atoms with Gasteiger partial charge >= 0.3 is 0 Å². The fourth-order valence-electron chi connectivity index (χ4n) is 2.92. The summed E-state index contributed by atoms with van der Waals surface area (Å²) in [5, 5.41) is 3.73. The molecular weight excluding hydrogens is 196 g/mol. The zero-order valence-electron chi connectivity index (χ0n) is 11.6. The number of hydrogen-bond donors (Lipinski definition) is 1. The summed E-state index contributed by atoms with van der Waals surface area (Å²) >= 11 is 0. The van der Waals surface area contributed by atoms with Crippen LogP contribution in [0.1, 0.15) is 52.9 Å². The fraction of sp³-hybridized carbons (Fsp3) is 1.00. The molecule has 0 saturated heterocycles. The summed E-state index contributed by atoms with van der Waals surface area (Å²) in [6, 6.07) is 1.50. The van der Waals surface area contributed by atoms with E-state index < -0.39 is 0 Å². The van der Waals surface area contributed by atoms with Crippen molar-refractivity contribution in [1.29, 1.82) is 0 Å². The minimum absolute atomic E-state index is 0.734. The molecule has 0 aromatic heterocycles. The lowest BCUT2D eigenvalue weighted by Crippen LogP contribution is -2.51. The Labute approximate surface area is 102 Å². The molecule has 1 aliphatic rings. The minimum Gasteiger partial charge on any atom is -0.312 e. The molecule has 2 heteroatoms. The van der Waals surface area contributed by atoms with E-state index in [0.29, 0.717) is 0 Å². The van der Waals surface area contributed by atoms with Crippen LogP contribution >= 0.6 is 0 Å². The average molecular weight is 226 g/mol. The third-order valence-electron chi connectivity index (χ3n) is 3.61. The first-order valence-electron chi connectivity index (χ1n) is 7.08. The van der Waals surface area contributed by atoms with E-state index in [1.807, 2.05) is 0 Å². The summed E-state index contributed by atoms with van der Waals surface area (Å²) < 4.78 is 0. The lowest BCUT2D eigenvalue weighted by Gasteiger charge is -2.39. The quantitative estimate of drug-likeness (QED) is 0.749. The van der Waals surface area contributed by atoms with E-state index in [2.05, 4.69) is 38.0 Å². The maximum absolute atomic E-state index is 3.73. The lowest BCUT2D eigenvalue weighted by atomic mass is 9.89. The van der Waals surface area contributed by atoms with Crippen LogP contribution < -0.4 is 5.32 Å². The van der Waals surface area contributed by atoms with Gasteiger partial charge in [0.2, 0.25) is 0 Å². The molecule has 0 aliphatic heterocycles. The monoisotopic (exact) mass is 226 g/mol. The van der Waals surface area contributed by atoms with Crippen LogP contribution in [-0.2, 0) is 0 Å². The van der Waals surface area contributed by atoms with E-state index >= 15 is 0 Å². The number of hydrogen-bond acceptors (Lipinski definition) is 2. The van der Waals surface area contributed by atoms with Crippen molar-refractivity contribution >= 4 is 0 Å². The zero-order chi connectivity index (χ0) is 12.0. The second-order valence-corrected chi connectivity index (χ2v) is 5.75. The van der Waals surface area contributed by atoms with E-state index in [1.54, 1.807) is 0 Å². The normalized spacial score (nSPS) is 26.6. The van der Waals surface area contributed by atoms with Gasteiger partial charge in [-0.3, -0.25) is 0 Å². The molecule has 1 aliphatic carbocycles. The van der Waals surface area contributed by atoms with Crippen molar-refractivity contribution in [2.75, 3.05) is 20.1 Å². The summed E-state index contributed by atoms with van der Waals surface area (Å²) in [7, 11) is 2.30. The van der Waals surface area contributed by atoms with Crippen LogP contribution in [0.15, 0.2) is 0 Å². The van der Waals surface area contributed by atoms with Gasteiger partial charge in [0.1, 0.15) is 0 Å². The molecule has 0 aromatic rings. The van der Waals surface area contributed by atoms with Crippen molar-refractivity contribution in [3.63, 3.8) is 0 Å². The Hall–Kier alpha value is -0.0800. The molecule has 1 N–H and O–H groups in total. The van der Waals surface area contributed by atoms with Gasteiger partial charge < -0.3 is 10.2 Å². The highest BCUT2D eigenvalue weighted by molar-refractivity contribution is 4.87. The molecule has 2 nitrogen and oxygen atoms in total. The Morgan fingerprint density at radius 1 is 1.25 bits per heavy atom. The largest absolute Gasteiger partial charge is 0.312 e. The topological polar surface area (TPSA) is 15.3 Å². The van der Waals surface area contributed by atoms with Gasteiger partial charge in [0.15, 0.2) is 0 Å². The lowest BCUT2D eigenvalue weighted by molar-refractivity contribution is 0.137. The van der Waals surface area contributed by atoms with E-state index in [1.165, 1.54) is 45.2 Å². The Morgan fingerprint density at radius 2 is 1.94 bits per heavy atom. The smallest absolute Gasteiger partial charge is 0.0246 e. The highest BCUT2D eigenvalue weighted by atomic mass is 15.2. The molecule has 0 radical (unpaired) electrons. The third kappa shape index (κ3) is 4.42. The first-order valence-corrected chi connectivity index (χ1v) is 7.08. The molecule has 16 heavy (non-hydrogen) atoms. The second kappa shape index (κ2) is 7.29. The maximum atomic E-state index is 3.73. The van der Waals surface area contributed by atoms with Crippen LogP contribution in [0, 0.1) is 5.92 Å². The summed E-state index contributed by atoms with van der Waals surface area (Å²) in [4.78, 5) is 2.58. The summed E-state index contributed by atoms with van der Waals surface area (Å²) in [5.41, 5.74) is 0. The standard InChI is InChI=1S/C14H30N2/c1-5-10-15-13-8-6-7-9-14(13)16(4)11-12(2)3/h12-15H,5-11H2,1-4H3. The van der Waals surface area contributed by atoms with Crippen molar-refractivity contribution in [2.45, 2.75) is 65.0 Å². The van der Waals surface area contributed by atoms with Crippen LogP contribution in [0.3, 0.4) is 0 Å². The summed E-state index contributed by atoms with van der Waals surface area (Å²) in [6.45, 7) is 9.29. The van der Waals surface area contributed by atoms with Crippen LogP contribution in [0.5, 0.6) is 0 Å². The summed E-state index contributed by atoms with van der Waals surface area (Å²) in [5.74, 6) is 0.777. The Morgan fingerprint density at radius 3 is 2.56 bits per heavy atom. The fourth-order valence-corrected chi connectivity index (χ4v) is 2.92. The minimum atomic E-state index is 0.734. The van der Waals surface area contributed by atoms with Crippen molar-refractivity contribution in [3.8, 4) is 0 Å². The molecule has 0 aromatic carbocycles. The molecule has 0 amide bonds. The first kappa shape index (κ1) is 14.0. The van der Waals surface area contributed by atoms with Crippen molar-refractivity contribution < 1.29 is 0 Å². The molecule has 0 heterocycles. The predicted octanol–water partition coefficient (Wildman–Crippen LogP) is 2.89. The van der Waals surface area contributed by atoms with Gasteiger partial charge in [-0.05, 0) is 38.8 Å². The molecule has 2 atom stereocenters. The van der Waals surface area contributed by atoms with E-state index in [0.717, 1.165) is 18.0 Å². The van der Waals surface area contributed by atoms with Crippen LogP contribution in [0.25, 0.3) is 0 Å². The van der Waals surface area contributed by atoms with Crippen molar-refractivity contribution in [3.05, 3.63) is 0 Å². The molecule has 1 rings (SSSR count). The second-order valence-electron chi connectivity index (χ2n) is 5.75. The number of nitrogens with zero attached hydrogens (tertiary/aromatic N) is 1. The van der Waals surface area contributed by atoms with Gasteiger partial charge in [-0.1, -0.05) is 33.6 Å². The van der Waals surface area contributed by atoms with Gasteiger partial charge in [-0.25, -0.2) is 0 Å². The highest BCUT2D eigenvalue weighted by Crippen LogP contribution is 2.23. The molecule has 2 unspecified atom stereocenters. The van der Waals surface area contributed by atoms with Gasteiger partial charge in [-0.2, -0.15) is 0 Å². The number of rotatable bonds is 6. The van der Waals surface area contributed by atoms with Crippen LogP contribution in [-0.4, -0.2) is 37.1 Å². The maximum Gasteiger partial charge on any atom is 0.0246 e. The van der Waals surface area contributed by atoms with Crippen molar-refractivity contribution in [2.24, 2.45) is 5.92 Å². The summed E-state index contributed by atoms with van der Waals surface area (Å²) in [6.07, 6.45) is 6.82. The van der Waals surface area contributed by atoms with E-state index in [9.17, 15) is 0 Å². The van der Waals surface area contributed by atoms with Crippen LogP contribution in [0.2, 0.25) is 0 Å². The molecule has 0 spiro atoms. The molecule has 96 valence electrons. The van der Waals surface area contributed by atoms with Gasteiger partial charge in [-0.15, -0.1) is 0 Å². The highest BCUT2D eigenvalue weighted by Gasteiger charge is 2.27. The number of likely N-dealkylation sites (N-methyl/N-ethyl adjacent to an activating group) is 1. The Bertz CT molecular complexity index is 180. The first-order chi connectivity index (χ1) is 7.65. The van der Waals surface area contributed by atoms with Crippen LogP contribution in [0.4, 0.5) is 0 Å². The molecule has 1 fully saturated rings. The zero-order valence-corrected chi connectivity index (χ0v) is 11.6. The molecule has 1 saturated carbocycles. The molecule has 0 bridgehead atoms. The predicted molar refractivity (Wildman–Crippen MR) is 71.8 cm³/mol. The van der Waals surface area contributed by atoms with Gasteiger partial charge in [0.25, 0.3) is 0 Å². The van der Waals surface area contributed by atoms with E-state index in [-0.39, 0.29) is 0 Å². The average Bonchev–Trinajstić information content (AvgIpc) is 2.25. The Kier molecular flexibility index (Phi) is 6.37. The van der Waals surface area contributed by atoms with E-state index in [4.69, 9.17) is 0 Å². The Balaban J connectivity index is 2.45. The molecular formula is C14H30N2.